The lowest BCUT2D eigenvalue weighted by Gasteiger charge is -2.22. The van der Waals surface area contributed by atoms with Crippen LogP contribution in [-0.4, -0.2) is 24.6 Å². The van der Waals surface area contributed by atoms with E-state index in [1.807, 2.05) is 30.3 Å². The Kier molecular flexibility index (Phi) is 6.32. The molecule has 1 heterocycles. The zero-order valence-electron chi connectivity index (χ0n) is 14.2. The number of hydrogen-bond donors (Lipinski definition) is 0. The lowest BCUT2D eigenvalue weighted by Crippen LogP contribution is -2.28. The molecule has 0 amide bonds. The van der Waals surface area contributed by atoms with Crippen molar-refractivity contribution in [2.24, 2.45) is 0 Å². The molecule has 4 nitrogen and oxygen atoms in total. The molecule has 0 saturated heterocycles. The SMILES string of the molecule is O=C(/C=C/c1ccccc1)OCC1CC=C(c2ccc(Cl)c(Cl)c2)C(=O)O1. The van der Waals surface area contributed by atoms with Crippen molar-refractivity contribution in [2.75, 3.05) is 6.61 Å². The number of esters is 2. The molecule has 2 aromatic rings. The van der Waals surface area contributed by atoms with Crippen LogP contribution in [0.25, 0.3) is 11.6 Å². The molecule has 3 rings (SSSR count). The molecule has 0 radical (unpaired) electrons. The van der Waals surface area contributed by atoms with Gasteiger partial charge in [-0.2, -0.15) is 0 Å². The Morgan fingerprint density at radius 2 is 1.93 bits per heavy atom. The van der Waals surface area contributed by atoms with Crippen LogP contribution in [0.15, 0.2) is 60.7 Å². The zero-order valence-corrected chi connectivity index (χ0v) is 15.7. The molecule has 1 aliphatic heterocycles. The van der Waals surface area contributed by atoms with Crippen molar-refractivity contribution in [3.63, 3.8) is 0 Å². The fourth-order valence-electron chi connectivity index (χ4n) is 2.55. The van der Waals surface area contributed by atoms with Gasteiger partial charge in [0.05, 0.1) is 15.6 Å². The first kappa shape index (κ1) is 19.2. The van der Waals surface area contributed by atoms with E-state index in [4.69, 9.17) is 32.7 Å². The summed E-state index contributed by atoms with van der Waals surface area (Å²) in [6, 6.07) is 14.4. The number of carbonyl (C=O) groups excluding carboxylic acids is 2. The van der Waals surface area contributed by atoms with Crippen LogP contribution in [0.3, 0.4) is 0 Å². The quantitative estimate of drug-likeness (QED) is 0.524. The highest BCUT2D eigenvalue weighted by Gasteiger charge is 2.25. The monoisotopic (exact) mass is 402 g/mol. The maximum atomic E-state index is 12.2. The molecule has 6 heteroatoms. The summed E-state index contributed by atoms with van der Waals surface area (Å²) in [6.45, 7) is -0.00510. The minimum Gasteiger partial charge on any atom is -0.459 e. The van der Waals surface area contributed by atoms with E-state index in [1.54, 1.807) is 30.4 Å². The molecule has 0 fully saturated rings. The molecule has 0 bridgehead atoms. The highest BCUT2D eigenvalue weighted by atomic mass is 35.5. The van der Waals surface area contributed by atoms with E-state index in [9.17, 15) is 9.59 Å². The second kappa shape index (κ2) is 8.89. The lowest BCUT2D eigenvalue weighted by molar-refractivity contribution is -0.152. The largest absolute Gasteiger partial charge is 0.459 e. The molecule has 0 aliphatic carbocycles. The second-order valence-corrected chi connectivity index (χ2v) is 6.70. The molecule has 27 heavy (non-hydrogen) atoms. The van der Waals surface area contributed by atoms with Crippen molar-refractivity contribution in [1.29, 1.82) is 0 Å². The maximum Gasteiger partial charge on any atom is 0.338 e. The average Bonchev–Trinajstić information content (AvgIpc) is 2.68. The first-order chi connectivity index (χ1) is 13.0. The first-order valence-electron chi connectivity index (χ1n) is 8.29. The van der Waals surface area contributed by atoms with E-state index < -0.39 is 18.0 Å². The Hall–Kier alpha value is -2.56. The summed E-state index contributed by atoms with van der Waals surface area (Å²) in [5.74, 6) is -0.977. The summed E-state index contributed by atoms with van der Waals surface area (Å²) in [4.78, 5) is 24.0. The number of rotatable bonds is 5. The fraction of sp³-hybridized carbons (Fsp3) is 0.143. The van der Waals surface area contributed by atoms with Crippen LogP contribution in [0, 0.1) is 0 Å². The second-order valence-electron chi connectivity index (χ2n) is 5.88. The standard InChI is InChI=1S/C21H16Cl2O4/c22-18-10-7-15(12-19(18)23)17-9-8-16(27-21(17)25)13-26-20(24)11-6-14-4-2-1-3-5-14/h1-7,9-12,16H,8,13H2/b11-6+. The predicted molar refractivity (Wildman–Crippen MR) is 105 cm³/mol. The van der Waals surface area contributed by atoms with Crippen LogP contribution in [0.2, 0.25) is 10.0 Å². The van der Waals surface area contributed by atoms with Crippen LogP contribution in [-0.2, 0) is 19.1 Å². The van der Waals surface area contributed by atoms with E-state index in [1.165, 1.54) is 6.08 Å². The van der Waals surface area contributed by atoms with Crippen molar-refractivity contribution in [1.82, 2.24) is 0 Å². The molecule has 138 valence electrons. The van der Waals surface area contributed by atoms with E-state index in [-0.39, 0.29) is 6.61 Å². The smallest absolute Gasteiger partial charge is 0.338 e. The molecule has 1 atom stereocenters. The van der Waals surface area contributed by atoms with Gasteiger partial charge < -0.3 is 9.47 Å². The zero-order chi connectivity index (χ0) is 19.2. The molecule has 2 aromatic carbocycles. The highest BCUT2D eigenvalue weighted by Crippen LogP contribution is 2.29. The van der Waals surface area contributed by atoms with Gasteiger partial charge in [0.2, 0.25) is 0 Å². The summed E-state index contributed by atoms with van der Waals surface area (Å²) < 4.78 is 10.5. The summed E-state index contributed by atoms with van der Waals surface area (Å²) in [6.07, 6.45) is 4.69. The Labute approximate surface area is 167 Å². The van der Waals surface area contributed by atoms with Gasteiger partial charge >= 0.3 is 11.9 Å². The third-order valence-electron chi connectivity index (χ3n) is 3.93. The normalized spacial score (nSPS) is 16.7. The van der Waals surface area contributed by atoms with E-state index in [0.29, 0.717) is 27.6 Å². The lowest BCUT2D eigenvalue weighted by atomic mass is 10.0. The Bertz CT molecular complexity index is 904. The van der Waals surface area contributed by atoms with E-state index in [2.05, 4.69) is 0 Å². The molecule has 0 saturated carbocycles. The van der Waals surface area contributed by atoms with Crippen LogP contribution in [0.5, 0.6) is 0 Å². The van der Waals surface area contributed by atoms with Gasteiger partial charge in [0, 0.05) is 12.5 Å². The van der Waals surface area contributed by atoms with Gasteiger partial charge in [0.15, 0.2) is 0 Å². The molecule has 0 spiro atoms. The highest BCUT2D eigenvalue weighted by molar-refractivity contribution is 6.42. The van der Waals surface area contributed by atoms with Gasteiger partial charge in [-0.1, -0.05) is 65.7 Å². The van der Waals surface area contributed by atoms with Crippen LogP contribution in [0.4, 0.5) is 0 Å². The molecule has 0 aromatic heterocycles. The van der Waals surface area contributed by atoms with Gasteiger partial charge in [-0.25, -0.2) is 9.59 Å². The van der Waals surface area contributed by atoms with E-state index >= 15 is 0 Å². The molecular weight excluding hydrogens is 387 g/mol. The van der Waals surface area contributed by atoms with Crippen molar-refractivity contribution >= 4 is 46.8 Å². The molecule has 1 aliphatic rings. The van der Waals surface area contributed by atoms with Crippen molar-refractivity contribution in [3.05, 3.63) is 81.9 Å². The number of carbonyl (C=O) groups is 2. The van der Waals surface area contributed by atoms with Crippen molar-refractivity contribution < 1.29 is 19.1 Å². The van der Waals surface area contributed by atoms with Crippen molar-refractivity contribution in [2.45, 2.75) is 12.5 Å². The van der Waals surface area contributed by atoms with Crippen LogP contribution in [0.1, 0.15) is 17.5 Å². The predicted octanol–water partition coefficient (Wildman–Crippen LogP) is 4.95. The Balaban J connectivity index is 1.55. The third-order valence-corrected chi connectivity index (χ3v) is 4.67. The average molecular weight is 403 g/mol. The Morgan fingerprint density at radius 1 is 1.15 bits per heavy atom. The minimum atomic E-state index is -0.516. The van der Waals surface area contributed by atoms with E-state index in [0.717, 1.165) is 5.56 Å². The van der Waals surface area contributed by atoms with Crippen LogP contribution < -0.4 is 0 Å². The number of cyclic esters (lactones) is 1. The first-order valence-corrected chi connectivity index (χ1v) is 9.05. The maximum absolute atomic E-state index is 12.2. The fourth-order valence-corrected chi connectivity index (χ4v) is 2.85. The molecule has 1 unspecified atom stereocenters. The van der Waals surface area contributed by atoms with Gasteiger partial charge in [-0.15, -0.1) is 0 Å². The third kappa shape index (κ3) is 5.22. The number of hydrogen-bond acceptors (Lipinski definition) is 4. The summed E-state index contributed by atoms with van der Waals surface area (Å²) >= 11 is 11.9. The summed E-state index contributed by atoms with van der Waals surface area (Å²) in [5.41, 5.74) is 1.95. The summed E-state index contributed by atoms with van der Waals surface area (Å²) in [7, 11) is 0. The number of ether oxygens (including phenoxy) is 2. The van der Waals surface area contributed by atoms with Gasteiger partial charge in [0.25, 0.3) is 0 Å². The Morgan fingerprint density at radius 3 is 2.63 bits per heavy atom. The molecular formula is C21H16Cl2O4. The van der Waals surface area contributed by atoms with Crippen molar-refractivity contribution in [3.8, 4) is 0 Å². The number of halogens is 2. The van der Waals surface area contributed by atoms with Gasteiger partial charge in [-0.05, 0) is 29.3 Å². The summed E-state index contributed by atoms with van der Waals surface area (Å²) in [5, 5.41) is 0.780. The van der Waals surface area contributed by atoms with Crippen LogP contribution >= 0.6 is 23.2 Å². The molecule has 0 N–H and O–H groups in total. The minimum absolute atomic E-state index is 0.00510. The number of benzene rings is 2. The van der Waals surface area contributed by atoms with Gasteiger partial charge in [-0.3, -0.25) is 0 Å². The van der Waals surface area contributed by atoms with Gasteiger partial charge in [0.1, 0.15) is 12.7 Å². The topological polar surface area (TPSA) is 52.6 Å².